The topological polar surface area (TPSA) is 48.0 Å². The molecule has 3 nitrogen and oxygen atoms in total. The fraction of sp³-hybridized carbons (Fsp3) is 0.389. The van der Waals surface area contributed by atoms with Crippen molar-refractivity contribution in [3.8, 4) is 11.1 Å². The van der Waals surface area contributed by atoms with Crippen LogP contribution < -0.4 is 4.72 Å². The van der Waals surface area contributed by atoms with Gasteiger partial charge in [-0.25, -0.2) is 0 Å². The molecule has 7 heteroatoms. The third-order valence-electron chi connectivity index (χ3n) is 3.62. The Labute approximate surface area is 149 Å². The fourth-order valence-electron chi connectivity index (χ4n) is 2.08. The fourth-order valence-corrected chi connectivity index (χ4v) is 2.88. The highest BCUT2D eigenvalue weighted by Gasteiger charge is 2.30. The molecular formula is C18H21F3N2OS. The quantitative estimate of drug-likeness (QED) is 0.781. The number of halogens is 3. The maximum atomic E-state index is 12.6. The van der Waals surface area contributed by atoms with E-state index in [4.69, 9.17) is 0 Å². The van der Waals surface area contributed by atoms with E-state index in [1.54, 1.807) is 18.3 Å². The lowest BCUT2D eigenvalue weighted by Crippen LogP contribution is -2.40. The number of hydrogen-bond acceptors (Lipinski definition) is 3. The number of rotatable bonds is 4. The molecule has 0 amide bonds. The molecule has 2 aromatic rings. The highest BCUT2D eigenvalue weighted by Crippen LogP contribution is 2.31. The Hall–Kier alpha value is -1.57. The van der Waals surface area contributed by atoms with E-state index in [2.05, 4.69) is 9.71 Å². The van der Waals surface area contributed by atoms with Gasteiger partial charge in [0.05, 0.1) is 17.3 Å². The summed E-state index contributed by atoms with van der Waals surface area (Å²) >= 11 is -1.22. The first-order valence-electron chi connectivity index (χ1n) is 7.80. The maximum absolute atomic E-state index is 12.6. The molecule has 0 aliphatic heterocycles. The number of benzene rings is 1. The van der Waals surface area contributed by atoms with E-state index in [9.17, 15) is 17.7 Å². The van der Waals surface area contributed by atoms with Crippen LogP contribution in [0.2, 0.25) is 0 Å². The van der Waals surface area contributed by atoms with E-state index in [0.717, 1.165) is 17.7 Å². The van der Waals surface area contributed by atoms with Crippen LogP contribution in [-0.2, 0) is 17.5 Å². The number of aromatic nitrogens is 1. The van der Waals surface area contributed by atoms with E-state index < -0.39 is 23.1 Å². The van der Waals surface area contributed by atoms with Crippen LogP contribution in [-0.4, -0.2) is 14.3 Å². The summed E-state index contributed by atoms with van der Waals surface area (Å²) in [6, 6.07) is 8.33. The Morgan fingerprint density at radius 3 is 2.00 bits per heavy atom. The molecule has 0 saturated carbocycles. The van der Waals surface area contributed by atoms with Crippen molar-refractivity contribution in [3.63, 3.8) is 0 Å². The Morgan fingerprint density at radius 1 is 1.00 bits per heavy atom. The largest absolute Gasteiger partial charge is 0.598 e. The standard InChI is InChI=1S/C18H21F3N2OS/c1-12(23-25(24)17(2,3)4)16-10-7-14(11-22-16)13-5-8-15(9-6-13)18(19,20)21/h5-12,23H,1-4H3/t12-,25-/m0/s1. The molecular weight excluding hydrogens is 349 g/mol. The second kappa shape index (κ2) is 7.35. The zero-order chi connectivity index (χ0) is 18.8. The van der Waals surface area contributed by atoms with Gasteiger partial charge in [-0.15, -0.1) is 4.72 Å². The molecule has 0 saturated heterocycles. The van der Waals surface area contributed by atoms with Crippen LogP contribution in [0.1, 0.15) is 45.0 Å². The molecule has 2 atom stereocenters. The maximum Gasteiger partial charge on any atom is 0.416 e. The van der Waals surface area contributed by atoms with Gasteiger partial charge < -0.3 is 4.55 Å². The van der Waals surface area contributed by atoms with Gasteiger partial charge in [0.1, 0.15) is 4.75 Å². The zero-order valence-corrected chi connectivity index (χ0v) is 15.3. The van der Waals surface area contributed by atoms with Crippen LogP contribution in [0, 0.1) is 0 Å². The summed E-state index contributed by atoms with van der Waals surface area (Å²) < 4.78 is 52.6. The molecule has 1 N–H and O–H groups in total. The lowest BCUT2D eigenvalue weighted by atomic mass is 10.0. The lowest BCUT2D eigenvalue weighted by Gasteiger charge is -2.26. The van der Waals surface area contributed by atoms with Gasteiger partial charge in [-0.3, -0.25) is 4.98 Å². The molecule has 0 radical (unpaired) electrons. The molecule has 2 rings (SSSR count). The monoisotopic (exact) mass is 370 g/mol. The Balaban J connectivity index is 2.12. The van der Waals surface area contributed by atoms with E-state index >= 15 is 0 Å². The molecule has 0 aliphatic rings. The van der Waals surface area contributed by atoms with E-state index in [1.807, 2.05) is 27.7 Å². The normalized spacial score (nSPS) is 15.0. The summed E-state index contributed by atoms with van der Waals surface area (Å²) in [4.78, 5) is 4.34. The molecule has 1 aromatic carbocycles. The van der Waals surface area contributed by atoms with Crippen molar-refractivity contribution in [1.82, 2.24) is 9.71 Å². The summed E-state index contributed by atoms with van der Waals surface area (Å²) in [6.07, 6.45) is -2.74. The molecule has 1 heterocycles. The second-order valence-electron chi connectivity index (χ2n) is 6.77. The van der Waals surface area contributed by atoms with Crippen molar-refractivity contribution >= 4 is 11.4 Å². The predicted octanol–water partition coefficient (Wildman–Crippen LogP) is 4.88. The van der Waals surface area contributed by atoms with Crippen molar-refractivity contribution < 1.29 is 17.7 Å². The third kappa shape index (κ3) is 5.20. The SMILES string of the molecule is C[C@H](N[S@@+]([O-])C(C)(C)C)c1ccc(-c2ccc(C(F)(F)F)cc2)cn1. The molecule has 0 aliphatic carbocycles. The Bertz CT molecular complexity index is 694. The van der Waals surface area contributed by atoms with Gasteiger partial charge in [0.25, 0.3) is 0 Å². The van der Waals surface area contributed by atoms with Gasteiger partial charge in [0.15, 0.2) is 0 Å². The van der Waals surface area contributed by atoms with Crippen molar-refractivity contribution in [2.45, 2.75) is 44.7 Å². The van der Waals surface area contributed by atoms with Gasteiger partial charge in [-0.05, 0) is 51.5 Å². The van der Waals surface area contributed by atoms with Gasteiger partial charge in [0, 0.05) is 23.1 Å². The summed E-state index contributed by atoms with van der Waals surface area (Å²) in [5, 5.41) is 0. The minimum absolute atomic E-state index is 0.207. The van der Waals surface area contributed by atoms with Crippen molar-refractivity contribution in [2.24, 2.45) is 0 Å². The molecule has 1 aromatic heterocycles. The minimum Gasteiger partial charge on any atom is -0.598 e. The first-order chi connectivity index (χ1) is 11.5. The van der Waals surface area contributed by atoms with Crippen LogP contribution in [0.5, 0.6) is 0 Å². The average molecular weight is 370 g/mol. The van der Waals surface area contributed by atoms with Crippen molar-refractivity contribution in [1.29, 1.82) is 0 Å². The third-order valence-corrected chi connectivity index (χ3v) is 5.30. The van der Waals surface area contributed by atoms with Crippen LogP contribution in [0.25, 0.3) is 11.1 Å². The number of alkyl halides is 3. The van der Waals surface area contributed by atoms with Crippen LogP contribution >= 0.6 is 0 Å². The zero-order valence-electron chi connectivity index (χ0n) is 14.5. The average Bonchev–Trinajstić information content (AvgIpc) is 2.53. The summed E-state index contributed by atoms with van der Waals surface area (Å²) in [5.41, 5.74) is 1.42. The van der Waals surface area contributed by atoms with Gasteiger partial charge in [-0.2, -0.15) is 13.2 Å². The number of nitrogens with zero attached hydrogens (tertiary/aromatic N) is 1. The summed E-state index contributed by atoms with van der Waals surface area (Å²) in [5.74, 6) is 0. The predicted molar refractivity (Wildman–Crippen MR) is 94.1 cm³/mol. The molecule has 0 bridgehead atoms. The van der Waals surface area contributed by atoms with E-state index in [0.29, 0.717) is 11.3 Å². The Morgan fingerprint density at radius 2 is 1.56 bits per heavy atom. The molecule has 0 spiro atoms. The smallest absolute Gasteiger partial charge is 0.416 e. The molecule has 0 unspecified atom stereocenters. The second-order valence-corrected chi connectivity index (χ2v) is 8.77. The molecule has 0 fully saturated rings. The highest BCUT2D eigenvalue weighted by atomic mass is 32.2. The highest BCUT2D eigenvalue weighted by molar-refractivity contribution is 7.90. The van der Waals surface area contributed by atoms with Crippen LogP contribution in [0.4, 0.5) is 13.2 Å². The molecule has 136 valence electrons. The summed E-state index contributed by atoms with van der Waals surface area (Å²) in [7, 11) is 0. The van der Waals surface area contributed by atoms with Gasteiger partial charge in [-0.1, -0.05) is 18.2 Å². The van der Waals surface area contributed by atoms with Gasteiger partial charge >= 0.3 is 6.18 Å². The first-order valence-corrected chi connectivity index (χ1v) is 8.95. The number of hydrogen-bond donors (Lipinski definition) is 1. The van der Waals surface area contributed by atoms with Gasteiger partial charge in [0.2, 0.25) is 0 Å². The van der Waals surface area contributed by atoms with E-state index in [-0.39, 0.29) is 10.8 Å². The van der Waals surface area contributed by atoms with Crippen molar-refractivity contribution in [2.75, 3.05) is 0 Å². The summed E-state index contributed by atoms with van der Waals surface area (Å²) in [6.45, 7) is 7.50. The lowest BCUT2D eigenvalue weighted by molar-refractivity contribution is -0.137. The van der Waals surface area contributed by atoms with Crippen molar-refractivity contribution in [3.05, 3.63) is 53.9 Å². The number of nitrogens with one attached hydrogen (secondary N) is 1. The van der Waals surface area contributed by atoms with E-state index in [1.165, 1.54) is 12.1 Å². The Kier molecular flexibility index (Phi) is 5.81. The van der Waals surface area contributed by atoms with Crippen LogP contribution in [0.3, 0.4) is 0 Å². The first kappa shape index (κ1) is 19.8. The van der Waals surface area contributed by atoms with Crippen LogP contribution in [0.15, 0.2) is 42.6 Å². The molecule has 25 heavy (non-hydrogen) atoms. The number of pyridine rings is 1. The minimum atomic E-state index is -4.34.